The fourth-order valence-electron chi connectivity index (χ4n) is 3.10. The second-order valence-electron chi connectivity index (χ2n) is 6.66. The Morgan fingerprint density at radius 3 is 2.48 bits per heavy atom. The predicted octanol–water partition coefficient (Wildman–Crippen LogP) is 1.25. The lowest BCUT2D eigenvalue weighted by Gasteiger charge is -2.13. The highest BCUT2D eigenvalue weighted by atomic mass is 16.5. The maximum Gasteiger partial charge on any atom is 0.340 e. The molecule has 2 aromatic carbocycles. The third-order valence-electron chi connectivity index (χ3n) is 4.67. The van der Waals surface area contributed by atoms with Gasteiger partial charge >= 0.3 is 5.63 Å². The van der Waals surface area contributed by atoms with Crippen molar-refractivity contribution >= 4 is 22.8 Å². The molecule has 7 heteroatoms. The minimum atomic E-state index is -1.39. The highest BCUT2D eigenvalue weighted by Gasteiger charge is 2.16. The summed E-state index contributed by atoms with van der Waals surface area (Å²) in [6.45, 7) is 2.66. The van der Waals surface area contributed by atoms with Crippen LogP contribution >= 0.6 is 0 Å². The van der Waals surface area contributed by atoms with Gasteiger partial charge in [0.2, 0.25) is 0 Å². The van der Waals surface area contributed by atoms with Crippen LogP contribution in [0.5, 0.6) is 5.75 Å². The fraction of sp³-hybridized carbons (Fsp3) is 0.227. The Labute approximate surface area is 166 Å². The fourth-order valence-corrected chi connectivity index (χ4v) is 3.10. The molecule has 0 saturated heterocycles. The summed E-state index contributed by atoms with van der Waals surface area (Å²) in [7, 11) is 0. The van der Waals surface area contributed by atoms with Crippen LogP contribution in [0, 0.1) is 13.8 Å². The first kappa shape index (κ1) is 20.1. The lowest BCUT2D eigenvalue weighted by Crippen LogP contribution is -2.39. The summed E-state index contributed by atoms with van der Waals surface area (Å²) in [6.07, 6.45) is 0.473. The van der Waals surface area contributed by atoms with Crippen LogP contribution in [0.4, 0.5) is 0 Å². The Balaban J connectivity index is 1.87. The molecule has 1 aromatic heterocycles. The highest BCUT2D eigenvalue weighted by molar-refractivity contribution is 5.86. The van der Waals surface area contributed by atoms with E-state index >= 15 is 0 Å². The standard InChI is InChI=1S/C22H21NO6/c1-13-16-8-9-18(28-12-19(24)23-11-20(25)26)14(2)21(16)29-22(27)17(13)10-15-6-4-3-5-7-15/h3-9H,10-12H2,1-2H3,(H,23,24)(H,25,26)/p-1. The minimum Gasteiger partial charge on any atom is -0.548 e. The number of carbonyl (C=O) groups is 2. The van der Waals surface area contributed by atoms with Gasteiger partial charge in [-0.3, -0.25) is 4.79 Å². The van der Waals surface area contributed by atoms with E-state index in [2.05, 4.69) is 5.32 Å². The molecule has 0 saturated carbocycles. The summed E-state index contributed by atoms with van der Waals surface area (Å²) in [4.78, 5) is 34.6. The number of nitrogens with one attached hydrogen (secondary N) is 1. The lowest BCUT2D eigenvalue weighted by atomic mass is 9.98. The van der Waals surface area contributed by atoms with Gasteiger partial charge in [-0.1, -0.05) is 30.3 Å². The van der Waals surface area contributed by atoms with Gasteiger partial charge in [0.05, 0.1) is 12.5 Å². The molecule has 0 atom stereocenters. The number of carbonyl (C=O) groups excluding carboxylic acids is 2. The number of fused-ring (bicyclic) bond motifs is 1. The number of aliphatic carboxylic acids is 1. The Kier molecular flexibility index (Phi) is 5.97. The topological polar surface area (TPSA) is 109 Å². The largest absolute Gasteiger partial charge is 0.548 e. The summed E-state index contributed by atoms with van der Waals surface area (Å²) < 4.78 is 11.0. The zero-order valence-electron chi connectivity index (χ0n) is 16.1. The molecule has 0 unspecified atom stereocenters. The maximum absolute atomic E-state index is 12.6. The summed E-state index contributed by atoms with van der Waals surface area (Å²) >= 11 is 0. The summed E-state index contributed by atoms with van der Waals surface area (Å²) in [5.41, 5.74) is 3.02. The van der Waals surface area contributed by atoms with E-state index < -0.39 is 24.0 Å². The van der Waals surface area contributed by atoms with Gasteiger partial charge in [-0.2, -0.15) is 0 Å². The molecule has 0 aliphatic carbocycles. The summed E-state index contributed by atoms with van der Waals surface area (Å²) in [5, 5.41) is 13.3. The van der Waals surface area contributed by atoms with Crippen LogP contribution in [0.1, 0.15) is 22.3 Å². The van der Waals surface area contributed by atoms with Gasteiger partial charge < -0.3 is 24.4 Å². The lowest BCUT2D eigenvalue weighted by molar-refractivity contribution is -0.304. The smallest absolute Gasteiger partial charge is 0.340 e. The van der Waals surface area contributed by atoms with Crippen molar-refractivity contribution in [2.45, 2.75) is 20.3 Å². The molecule has 0 aliphatic heterocycles. The number of carboxylic acid groups (broad SMARTS) is 1. The van der Waals surface area contributed by atoms with Gasteiger partial charge in [-0.05, 0) is 37.1 Å². The molecule has 7 nitrogen and oxygen atoms in total. The van der Waals surface area contributed by atoms with E-state index in [0.29, 0.717) is 28.9 Å². The number of hydrogen-bond acceptors (Lipinski definition) is 6. The predicted molar refractivity (Wildman–Crippen MR) is 105 cm³/mol. The average molecular weight is 394 g/mol. The highest BCUT2D eigenvalue weighted by Crippen LogP contribution is 2.30. The summed E-state index contributed by atoms with van der Waals surface area (Å²) in [6, 6.07) is 13.2. The number of ether oxygens (including phenoxy) is 1. The van der Waals surface area contributed by atoms with Gasteiger partial charge in [-0.25, -0.2) is 4.79 Å². The van der Waals surface area contributed by atoms with Crippen molar-refractivity contribution in [2.75, 3.05) is 13.2 Å². The number of carboxylic acids is 1. The Morgan fingerprint density at radius 2 is 1.79 bits per heavy atom. The van der Waals surface area contributed by atoms with Crippen LogP contribution in [-0.2, 0) is 16.0 Å². The Bertz CT molecular complexity index is 1120. The maximum atomic E-state index is 12.6. The van der Waals surface area contributed by atoms with Crippen LogP contribution in [0.3, 0.4) is 0 Å². The molecule has 0 bridgehead atoms. The van der Waals surface area contributed by atoms with Crippen molar-refractivity contribution < 1.29 is 23.8 Å². The molecule has 1 amide bonds. The van der Waals surface area contributed by atoms with Crippen molar-refractivity contribution in [1.29, 1.82) is 0 Å². The molecule has 0 fully saturated rings. The first-order valence-electron chi connectivity index (χ1n) is 9.06. The van der Waals surface area contributed by atoms with E-state index in [4.69, 9.17) is 9.15 Å². The van der Waals surface area contributed by atoms with E-state index in [9.17, 15) is 19.5 Å². The first-order valence-corrected chi connectivity index (χ1v) is 9.06. The molecule has 0 aliphatic rings. The minimum absolute atomic E-state index is 0.366. The van der Waals surface area contributed by atoms with Crippen molar-refractivity contribution in [3.05, 3.63) is 75.1 Å². The van der Waals surface area contributed by atoms with Crippen molar-refractivity contribution in [3.63, 3.8) is 0 Å². The van der Waals surface area contributed by atoms with Crippen LogP contribution in [0.25, 0.3) is 11.0 Å². The molecule has 0 radical (unpaired) electrons. The van der Waals surface area contributed by atoms with Crippen LogP contribution < -0.4 is 20.8 Å². The molecule has 3 aromatic rings. The number of hydrogen-bond donors (Lipinski definition) is 1. The summed E-state index contributed by atoms with van der Waals surface area (Å²) in [5.74, 6) is -1.60. The SMILES string of the molecule is Cc1c(Cc2ccccc2)c(=O)oc2c(C)c(OCC(=O)NCC(=O)[O-])ccc12. The van der Waals surface area contributed by atoms with Crippen molar-refractivity contribution in [2.24, 2.45) is 0 Å². The first-order chi connectivity index (χ1) is 13.9. The Hall–Kier alpha value is -3.61. The number of benzene rings is 2. The van der Waals surface area contributed by atoms with E-state index in [1.54, 1.807) is 19.1 Å². The van der Waals surface area contributed by atoms with Gasteiger partial charge in [0, 0.05) is 22.9 Å². The van der Waals surface area contributed by atoms with Crippen LogP contribution in [0.2, 0.25) is 0 Å². The molecular formula is C22H20NO6-. The third-order valence-corrected chi connectivity index (χ3v) is 4.67. The van der Waals surface area contributed by atoms with Crippen molar-refractivity contribution in [3.8, 4) is 5.75 Å². The van der Waals surface area contributed by atoms with Gasteiger partial charge in [0.25, 0.3) is 5.91 Å². The third kappa shape index (κ3) is 4.63. The van der Waals surface area contributed by atoms with E-state index in [-0.39, 0.29) is 6.61 Å². The number of rotatable bonds is 7. The Morgan fingerprint density at radius 1 is 1.07 bits per heavy atom. The zero-order valence-corrected chi connectivity index (χ0v) is 16.1. The zero-order chi connectivity index (χ0) is 21.0. The molecule has 0 spiro atoms. The molecule has 3 rings (SSSR count). The van der Waals surface area contributed by atoms with Gasteiger partial charge in [0.1, 0.15) is 11.3 Å². The average Bonchev–Trinajstić information content (AvgIpc) is 2.70. The molecule has 150 valence electrons. The van der Waals surface area contributed by atoms with Gasteiger partial charge in [0.15, 0.2) is 6.61 Å². The van der Waals surface area contributed by atoms with Gasteiger partial charge in [-0.15, -0.1) is 0 Å². The molecule has 1 heterocycles. The monoisotopic (exact) mass is 394 g/mol. The number of aryl methyl sites for hydroxylation is 2. The number of amides is 1. The van der Waals surface area contributed by atoms with Crippen LogP contribution in [-0.4, -0.2) is 25.0 Å². The molecular weight excluding hydrogens is 374 g/mol. The second-order valence-corrected chi connectivity index (χ2v) is 6.66. The van der Waals surface area contributed by atoms with Crippen molar-refractivity contribution in [1.82, 2.24) is 5.32 Å². The molecule has 29 heavy (non-hydrogen) atoms. The van der Waals surface area contributed by atoms with E-state index in [1.165, 1.54) is 0 Å². The van der Waals surface area contributed by atoms with E-state index in [0.717, 1.165) is 16.5 Å². The van der Waals surface area contributed by atoms with Crippen LogP contribution in [0.15, 0.2) is 51.7 Å². The van der Waals surface area contributed by atoms with E-state index in [1.807, 2.05) is 37.3 Å². The normalized spacial score (nSPS) is 10.7. The second kappa shape index (κ2) is 8.60. The molecule has 1 N–H and O–H groups in total. The quantitative estimate of drug-likeness (QED) is 0.604.